The van der Waals surface area contributed by atoms with E-state index in [4.69, 9.17) is 20.8 Å². The standard InChI is InChI=1S/C17H21ClN2O4S/c18-15-5-3-14(4-6-15)13-25(21,22)19-12-16(17-2-1-9-24-17)20-7-10-23-11-8-20/h1-6,9,16,19H,7-8,10-13H2/t16-/m1/s1. The Morgan fingerprint density at radius 3 is 2.52 bits per heavy atom. The first-order chi connectivity index (χ1) is 12.0. The van der Waals surface area contributed by atoms with Crippen LogP contribution < -0.4 is 4.72 Å². The molecule has 6 nitrogen and oxygen atoms in total. The number of nitrogens with zero attached hydrogens (tertiary/aromatic N) is 1. The number of hydrogen-bond donors (Lipinski definition) is 1. The van der Waals surface area contributed by atoms with Gasteiger partial charge in [0.05, 0.1) is 31.3 Å². The van der Waals surface area contributed by atoms with E-state index < -0.39 is 10.0 Å². The molecule has 2 aromatic rings. The van der Waals surface area contributed by atoms with Crippen LogP contribution in [0.5, 0.6) is 0 Å². The normalized spacial score (nSPS) is 17.5. The lowest BCUT2D eigenvalue weighted by Gasteiger charge is -2.33. The van der Waals surface area contributed by atoms with Crippen LogP contribution in [-0.4, -0.2) is 46.2 Å². The van der Waals surface area contributed by atoms with E-state index in [2.05, 4.69) is 9.62 Å². The van der Waals surface area contributed by atoms with Gasteiger partial charge in [-0.1, -0.05) is 23.7 Å². The maximum atomic E-state index is 12.4. The summed E-state index contributed by atoms with van der Waals surface area (Å²) >= 11 is 5.84. The number of rotatable bonds is 7. The van der Waals surface area contributed by atoms with Crippen molar-refractivity contribution in [3.63, 3.8) is 0 Å². The SMILES string of the molecule is O=S(=O)(Cc1ccc(Cl)cc1)NC[C@H](c1ccco1)N1CCOCC1. The van der Waals surface area contributed by atoms with Crippen LogP contribution in [0, 0.1) is 0 Å². The van der Waals surface area contributed by atoms with Crippen molar-refractivity contribution in [1.29, 1.82) is 0 Å². The molecular formula is C17H21ClN2O4S. The van der Waals surface area contributed by atoms with E-state index in [0.717, 1.165) is 18.8 Å². The number of halogens is 1. The smallest absolute Gasteiger partial charge is 0.215 e. The molecule has 0 spiro atoms. The lowest BCUT2D eigenvalue weighted by Crippen LogP contribution is -2.43. The van der Waals surface area contributed by atoms with E-state index >= 15 is 0 Å². The third-order valence-electron chi connectivity index (χ3n) is 4.12. The van der Waals surface area contributed by atoms with Crippen molar-refractivity contribution in [3.05, 3.63) is 59.0 Å². The average molecular weight is 385 g/mol. The van der Waals surface area contributed by atoms with Crippen LogP contribution in [-0.2, 0) is 20.5 Å². The van der Waals surface area contributed by atoms with Crippen molar-refractivity contribution in [1.82, 2.24) is 9.62 Å². The molecule has 1 aliphatic heterocycles. The monoisotopic (exact) mass is 384 g/mol. The van der Waals surface area contributed by atoms with E-state index in [0.29, 0.717) is 23.8 Å². The number of furan rings is 1. The molecule has 1 saturated heterocycles. The fourth-order valence-corrected chi connectivity index (χ4v) is 4.11. The summed E-state index contributed by atoms with van der Waals surface area (Å²) in [6.45, 7) is 3.00. The number of sulfonamides is 1. The molecule has 0 bridgehead atoms. The van der Waals surface area contributed by atoms with Gasteiger partial charge in [-0.15, -0.1) is 0 Å². The third kappa shape index (κ3) is 5.29. The maximum Gasteiger partial charge on any atom is 0.215 e. The van der Waals surface area contributed by atoms with Crippen LogP contribution in [0.25, 0.3) is 0 Å². The highest BCUT2D eigenvalue weighted by Crippen LogP contribution is 2.22. The topological polar surface area (TPSA) is 71.8 Å². The van der Waals surface area contributed by atoms with Gasteiger partial charge in [0.15, 0.2) is 0 Å². The van der Waals surface area contributed by atoms with Gasteiger partial charge in [-0.2, -0.15) is 0 Å². The zero-order valence-electron chi connectivity index (χ0n) is 13.7. The molecule has 0 saturated carbocycles. The molecule has 1 aliphatic rings. The van der Waals surface area contributed by atoms with Crippen molar-refractivity contribution in [2.24, 2.45) is 0 Å². The van der Waals surface area contributed by atoms with Gasteiger partial charge >= 0.3 is 0 Å². The van der Waals surface area contributed by atoms with E-state index in [1.54, 1.807) is 30.5 Å². The highest BCUT2D eigenvalue weighted by atomic mass is 35.5. The molecule has 2 heterocycles. The third-order valence-corrected chi connectivity index (χ3v) is 5.70. The largest absolute Gasteiger partial charge is 0.468 e. The number of ether oxygens (including phenoxy) is 1. The minimum absolute atomic E-state index is 0.0852. The molecule has 1 N–H and O–H groups in total. The van der Waals surface area contributed by atoms with Gasteiger partial charge in [0, 0.05) is 24.7 Å². The lowest BCUT2D eigenvalue weighted by molar-refractivity contribution is 0.0128. The summed E-state index contributed by atoms with van der Waals surface area (Å²) in [5, 5.41) is 0.583. The Kier molecular flexibility index (Phi) is 6.14. The summed E-state index contributed by atoms with van der Waals surface area (Å²) in [5.74, 6) is 0.661. The van der Waals surface area contributed by atoms with Gasteiger partial charge in [-0.05, 0) is 29.8 Å². The predicted molar refractivity (Wildman–Crippen MR) is 95.9 cm³/mol. The fourth-order valence-electron chi connectivity index (χ4n) is 2.84. The summed E-state index contributed by atoms with van der Waals surface area (Å²) in [4.78, 5) is 2.17. The highest BCUT2D eigenvalue weighted by Gasteiger charge is 2.26. The predicted octanol–water partition coefficient (Wildman–Crippen LogP) is 2.43. The number of nitrogens with one attached hydrogen (secondary N) is 1. The zero-order chi connectivity index (χ0) is 17.7. The van der Waals surface area contributed by atoms with E-state index in [1.165, 1.54) is 0 Å². The second-order valence-corrected chi connectivity index (χ2v) is 8.16. The summed E-state index contributed by atoms with van der Waals surface area (Å²) in [6.07, 6.45) is 1.60. The second kappa shape index (κ2) is 8.33. The summed E-state index contributed by atoms with van der Waals surface area (Å²) in [5.41, 5.74) is 0.692. The van der Waals surface area contributed by atoms with Crippen LogP contribution in [0.15, 0.2) is 47.1 Å². The van der Waals surface area contributed by atoms with Gasteiger partial charge in [0.25, 0.3) is 0 Å². The van der Waals surface area contributed by atoms with Crippen LogP contribution in [0.1, 0.15) is 17.4 Å². The quantitative estimate of drug-likeness (QED) is 0.793. The van der Waals surface area contributed by atoms with Crippen LogP contribution in [0.3, 0.4) is 0 Å². The summed E-state index contributed by atoms with van der Waals surface area (Å²) in [6, 6.07) is 10.3. The summed E-state index contributed by atoms with van der Waals surface area (Å²) in [7, 11) is -3.46. The van der Waals surface area contributed by atoms with Crippen LogP contribution in [0.2, 0.25) is 5.02 Å². The van der Waals surface area contributed by atoms with Crippen molar-refractivity contribution in [2.45, 2.75) is 11.8 Å². The Labute approximate surface area is 152 Å². The van der Waals surface area contributed by atoms with Crippen LogP contribution in [0.4, 0.5) is 0 Å². The van der Waals surface area contributed by atoms with E-state index in [-0.39, 0.29) is 18.3 Å². The van der Waals surface area contributed by atoms with Gasteiger partial charge < -0.3 is 9.15 Å². The Morgan fingerprint density at radius 1 is 1.16 bits per heavy atom. The molecule has 0 amide bonds. The molecule has 1 aromatic heterocycles. The molecule has 8 heteroatoms. The molecule has 136 valence electrons. The Morgan fingerprint density at radius 2 is 1.88 bits per heavy atom. The summed E-state index contributed by atoms with van der Waals surface area (Å²) < 4.78 is 38.4. The minimum atomic E-state index is -3.46. The van der Waals surface area contributed by atoms with Crippen molar-refractivity contribution >= 4 is 21.6 Å². The second-order valence-electron chi connectivity index (χ2n) is 5.91. The zero-order valence-corrected chi connectivity index (χ0v) is 15.3. The minimum Gasteiger partial charge on any atom is -0.468 e. The first kappa shape index (κ1) is 18.4. The first-order valence-corrected chi connectivity index (χ1v) is 10.1. The molecule has 0 aliphatic carbocycles. The van der Waals surface area contributed by atoms with Crippen molar-refractivity contribution in [2.75, 3.05) is 32.8 Å². The van der Waals surface area contributed by atoms with Gasteiger partial charge in [0.2, 0.25) is 10.0 Å². The molecule has 3 rings (SSSR count). The lowest BCUT2D eigenvalue weighted by atomic mass is 10.2. The Hall–Kier alpha value is -1.38. The first-order valence-electron chi connectivity index (χ1n) is 8.10. The van der Waals surface area contributed by atoms with Crippen molar-refractivity contribution < 1.29 is 17.6 Å². The fraction of sp³-hybridized carbons (Fsp3) is 0.412. The Balaban J connectivity index is 1.66. The number of morpholine rings is 1. The molecule has 1 atom stereocenters. The molecule has 1 aromatic carbocycles. The number of hydrogen-bond acceptors (Lipinski definition) is 5. The van der Waals surface area contributed by atoms with Gasteiger partial charge in [-0.25, -0.2) is 13.1 Å². The maximum absolute atomic E-state index is 12.4. The Bertz CT molecular complexity index is 756. The molecule has 0 radical (unpaired) electrons. The molecule has 1 fully saturated rings. The van der Waals surface area contributed by atoms with Crippen molar-refractivity contribution in [3.8, 4) is 0 Å². The molecular weight excluding hydrogens is 364 g/mol. The van der Waals surface area contributed by atoms with E-state index in [1.807, 2.05) is 12.1 Å². The number of benzene rings is 1. The van der Waals surface area contributed by atoms with Gasteiger partial charge in [0.1, 0.15) is 5.76 Å². The van der Waals surface area contributed by atoms with E-state index in [9.17, 15) is 8.42 Å². The van der Waals surface area contributed by atoms with Gasteiger partial charge in [-0.3, -0.25) is 4.90 Å². The molecule has 25 heavy (non-hydrogen) atoms. The highest BCUT2D eigenvalue weighted by molar-refractivity contribution is 7.88. The average Bonchev–Trinajstić information content (AvgIpc) is 3.12. The van der Waals surface area contributed by atoms with Crippen LogP contribution >= 0.6 is 11.6 Å². The molecule has 0 unspecified atom stereocenters.